The van der Waals surface area contributed by atoms with Gasteiger partial charge in [0.2, 0.25) is 10.4 Å². The predicted molar refractivity (Wildman–Crippen MR) is 16.7 cm³/mol. The van der Waals surface area contributed by atoms with Crippen molar-refractivity contribution in [3.8, 4) is 0 Å². The molecule has 0 aromatic rings. The molecule has 0 saturated carbocycles. The summed E-state index contributed by atoms with van der Waals surface area (Å²) in [6.45, 7) is 0. The fraction of sp³-hybridized carbons (Fsp3) is 1.00. The second-order valence-electron chi connectivity index (χ2n) is 0.575. The molecule has 0 rings (SSSR count). The Morgan fingerprint density at radius 2 is 1.56 bits per heavy atom. The molecule has 9 heavy (non-hydrogen) atoms. The zero-order valence-electron chi connectivity index (χ0n) is 5.13. The first-order valence-corrected chi connectivity index (χ1v) is 2.41. The van der Waals surface area contributed by atoms with Crippen LogP contribution in [0.3, 0.4) is 0 Å². The summed E-state index contributed by atoms with van der Waals surface area (Å²) in [5.74, 6) is 0. The minimum absolute atomic E-state index is 0. The minimum atomic E-state index is -4.41. The maximum atomic E-state index is 9.22. The van der Waals surface area contributed by atoms with Crippen LogP contribution in [-0.4, -0.2) is 20.1 Å². The molecule has 0 fully saturated rings. The molecule has 0 heterocycles. The minimum Gasteiger partial charge on any atom is -1.00 e. The average Bonchev–Trinajstić information content (AvgIpc) is 1.35. The third-order valence-corrected chi connectivity index (χ3v) is 0.612. The molecule has 0 aliphatic carbocycles. The maximum absolute atomic E-state index is 9.22. The van der Waals surface area contributed by atoms with Gasteiger partial charge in [-0.1, -0.05) is 0 Å². The van der Waals surface area contributed by atoms with Crippen LogP contribution in [0.4, 0.5) is 0 Å². The van der Waals surface area contributed by atoms with Gasteiger partial charge in [-0.05, 0) is 0 Å². The van der Waals surface area contributed by atoms with Crippen molar-refractivity contribution in [2.24, 2.45) is 0 Å². The van der Waals surface area contributed by atoms with Crippen molar-refractivity contribution in [1.82, 2.24) is 0 Å². The molecule has 0 bridgehead atoms. The maximum Gasteiger partial charge on any atom is 2.00 e. The van der Waals surface area contributed by atoms with Crippen LogP contribution in [0.15, 0.2) is 0 Å². The summed E-state index contributed by atoms with van der Waals surface area (Å²) in [5, 5.41) is 0. The van der Waals surface area contributed by atoms with Gasteiger partial charge in [0.1, 0.15) is 0 Å². The molecule has 46 valence electrons. The van der Waals surface area contributed by atoms with E-state index in [0.717, 1.165) is 7.11 Å². The van der Waals surface area contributed by atoms with Gasteiger partial charge in [0.05, 0.1) is 7.11 Å². The molecule has 0 atom stereocenters. The van der Waals surface area contributed by atoms with Crippen molar-refractivity contribution in [1.29, 1.82) is 0 Å². The van der Waals surface area contributed by atoms with Crippen LogP contribution in [0.2, 0.25) is 0 Å². The van der Waals surface area contributed by atoms with Crippen molar-refractivity contribution in [3.63, 3.8) is 0 Å². The molecule has 0 unspecified atom stereocenters. The van der Waals surface area contributed by atoms with E-state index in [0.29, 0.717) is 0 Å². The van der Waals surface area contributed by atoms with Crippen LogP contribution < -0.4 is 42.0 Å². The van der Waals surface area contributed by atoms with E-state index in [1.165, 1.54) is 0 Å². The Bertz CT molecular complexity index is 123. The van der Waals surface area contributed by atoms with Gasteiger partial charge < -0.3 is 17.0 Å². The third kappa shape index (κ3) is 25.9. The van der Waals surface area contributed by atoms with Crippen LogP contribution in [0, 0.1) is 0 Å². The molecule has 0 aliphatic heterocycles. The Kier molecular flexibility index (Phi) is 24.4. The normalized spacial score (nSPS) is 7.78. The van der Waals surface area contributed by atoms with E-state index in [2.05, 4.69) is 4.18 Å². The van der Waals surface area contributed by atoms with Crippen LogP contribution in [-0.2, 0) is 34.1 Å². The quantitative estimate of drug-likeness (QED) is 0.257. The Labute approximate surface area is 95.1 Å². The summed E-state index contributed by atoms with van der Waals surface area (Å²) in [6, 6.07) is 0. The first-order chi connectivity index (χ1) is 2.56. The Morgan fingerprint density at radius 3 is 1.56 bits per heavy atom. The van der Waals surface area contributed by atoms with Crippen molar-refractivity contribution in [2.75, 3.05) is 7.11 Å². The monoisotopic (exact) mass is 233 g/mol. The largest absolute Gasteiger partial charge is 2.00 e. The fourth-order valence-corrected chi connectivity index (χ4v) is 0. The molecule has 0 saturated heterocycles. The molecule has 0 N–H and O–H groups in total. The molecule has 0 aromatic carbocycles. The first-order valence-electron chi connectivity index (χ1n) is 1.07. The smallest absolute Gasteiger partial charge is 1.00 e. The topological polar surface area (TPSA) is 66.4 Å². The van der Waals surface area contributed by atoms with E-state index in [1.807, 2.05) is 0 Å². The van der Waals surface area contributed by atoms with Crippen LogP contribution >= 0.6 is 0 Å². The van der Waals surface area contributed by atoms with Crippen molar-refractivity contribution in [3.05, 3.63) is 0 Å². The summed E-state index contributed by atoms with van der Waals surface area (Å²) < 4.78 is 31.0. The van der Waals surface area contributed by atoms with Gasteiger partial charge in [0.25, 0.3) is 0 Å². The molecule has 0 amide bonds. The summed E-state index contributed by atoms with van der Waals surface area (Å²) in [5.41, 5.74) is 0. The Balaban J connectivity index is -0.0000000417. The molecule has 8 heteroatoms. The van der Waals surface area contributed by atoms with E-state index in [4.69, 9.17) is 0 Å². The third-order valence-electron chi connectivity index (χ3n) is 0.204. The zero-order chi connectivity index (χ0) is 5.21. The van der Waals surface area contributed by atoms with E-state index < -0.39 is 10.4 Å². The number of hydrogen-bond donors (Lipinski definition) is 0. The summed E-state index contributed by atoms with van der Waals surface area (Å²) in [6.07, 6.45) is 0. The second kappa shape index (κ2) is 9.78. The van der Waals surface area contributed by atoms with E-state index >= 15 is 0 Å². The summed E-state index contributed by atoms with van der Waals surface area (Å²) >= 11 is 0. The molecule has 0 aliphatic rings. The van der Waals surface area contributed by atoms with Gasteiger partial charge in [-0.3, -0.25) is 4.18 Å². The van der Waals surface area contributed by atoms with Gasteiger partial charge in [-0.2, -0.15) is 0 Å². The van der Waals surface area contributed by atoms with Crippen LogP contribution in [0.1, 0.15) is 0 Å². The van der Waals surface area contributed by atoms with Gasteiger partial charge in [0, 0.05) is 0 Å². The zero-order valence-corrected chi connectivity index (χ0v) is 11.7. The van der Waals surface area contributed by atoms with Gasteiger partial charge >= 0.3 is 49.0 Å². The molecule has 4 nitrogen and oxygen atoms in total. The molecule has 0 aromatic heterocycles. The number of hydrogen-bond acceptors (Lipinski definition) is 4. The Morgan fingerprint density at radius 1 is 1.44 bits per heavy atom. The van der Waals surface area contributed by atoms with Gasteiger partial charge in [-0.25, -0.2) is 8.42 Å². The fourth-order valence-electron chi connectivity index (χ4n) is 0. The molecular weight excluding hydrogens is 232 g/mol. The molecule has 0 radical (unpaired) electrons. The van der Waals surface area contributed by atoms with Gasteiger partial charge in [0.15, 0.2) is 0 Å². The van der Waals surface area contributed by atoms with Gasteiger partial charge in [-0.15, -0.1) is 0 Å². The standard InChI is InChI=1S/CH4O4S.ClH.Na.Zn/c1-5-6(2,3)4;;;/h1H3,(H,2,3,4);1H;;/q;;+1;+2/p-2. The van der Waals surface area contributed by atoms with Crippen molar-refractivity contribution < 1.29 is 78.6 Å². The average molecular weight is 235 g/mol. The first kappa shape index (κ1) is 22.4. The van der Waals surface area contributed by atoms with Crippen molar-refractivity contribution in [2.45, 2.75) is 0 Å². The molecular formula is CH3ClNaO4SZn+. The van der Waals surface area contributed by atoms with Crippen molar-refractivity contribution >= 4 is 10.4 Å². The van der Waals surface area contributed by atoms with E-state index in [9.17, 15) is 13.0 Å². The SMILES string of the molecule is COS(=O)(=O)[O-].[Cl-].[Na+].[Zn+2]. The van der Waals surface area contributed by atoms with E-state index in [1.54, 1.807) is 0 Å². The summed E-state index contributed by atoms with van der Waals surface area (Å²) in [7, 11) is -3.60. The van der Waals surface area contributed by atoms with Crippen LogP contribution in [0.5, 0.6) is 0 Å². The number of rotatable bonds is 1. The van der Waals surface area contributed by atoms with Crippen LogP contribution in [0.25, 0.3) is 0 Å². The number of halogens is 1. The van der Waals surface area contributed by atoms with E-state index in [-0.39, 0.29) is 61.4 Å². The second-order valence-corrected chi connectivity index (χ2v) is 1.72. The predicted octanol–water partition coefficient (Wildman–Crippen LogP) is -6.90. The Hall–Kier alpha value is 1.78. The summed E-state index contributed by atoms with van der Waals surface area (Å²) in [4.78, 5) is 0. The molecule has 0 spiro atoms.